The van der Waals surface area contributed by atoms with Crippen LogP contribution in [0.4, 0.5) is 10.2 Å². The van der Waals surface area contributed by atoms with Gasteiger partial charge in [-0.05, 0) is 36.2 Å². The Labute approximate surface area is 122 Å². The van der Waals surface area contributed by atoms with E-state index >= 15 is 0 Å². The van der Waals surface area contributed by atoms with E-state index in [1.807, 2.05) is 13.0 Å². The smallest absolute Gasteiger partial charge is 0.129 e. The lowest BCUT2D eigenvalue weighted by Gasteiger charge is -2.05. The van der Waals surface area contributed by atoms with E-state index in [9.17, 15) is 4.39 Å². The first-order valence-electron chi connectivity index (χ1n) is 6.56. The second-order valence-corrected chi connectivity index (χ2v) is 4.99. The van der Waals surface area contributed by atoms with Crippen molar-refractivity contribution in [2.24, 2.45) is 7.05 Å². The summed E-state index contributed by atoms with van der Waals surface area (Å²) >= 11 is 0. The van der Waals surface area contributed by atoms with Crippen LogP contribution >= 0.6 is 0 Å². The third-order valence-electron chi connectivity index (χ3n) is 3.37. The Morgan fingerprint density at radius 3 is 2.48 bits per heavy atom. The van der Waals surface area contributed by atoms with Crippen LogP contribution in [0.3, 0.4) is 0 Å². The zero-order chi connectivity index (χ0) is 15.0. The monoisotopic (exact) mass is 282 g/mol. The van der Waals surface area contributed by atoms with Gasteiger partial charge in [-0.2, -0.15) is 5.10 Å². The first-order chi connectivity index (χ1) is 10.1. The van der Waals surface area contributed by atoms with Gasteiger partial charge in [-0.15, -0.1) is 0 Å². The minimum Gasteiger partial charge on any atom is -0.383 e. The Hall–Kier alpha value is -2.69. The van der Waals surface area contributed by atoms with E-state index in [0.717, 1.165) is 27.9 Å². The molecule has 2 heterocycles. The van der Waals surface area contributed by atoms with Crippen molar-refractivity contribution in [3.05, 3.63) is 54.1 Å². The first-order valence-corrected chi connectivity index (χ1v) is 6.56. The maximum Gasteiger partial charge on any atom is 0.129 e. The van der Waals surface area contributed by atoms with E-state index in [1.54, 1.807) is 36.3 Å². The van der Waals surface area contributed by atoms with Gasteiger partial charge in [0.15, 0.2) is 0 Å². The molecule has 0 aliphatic heterocycles. The molecule has 3 aromatic rings. The van der Waals surface area contributed by atoms with Crippen molar-refractivity contribution in [2.75, 3.05) is 5.73 Å². The molecule has 2 aromatic heterocycles. The van der Waals surface area contributed by atoms with Gasteiger partial charge < -0.3 is 5.73 Å². The molecule has 0 saturated heterocycles. The topological polar surface area (TPSA) is 56.7 Å². The first kappa shape index (κ1) is 13.3. The van der Waals surface area contributed by atoms with E-state index in [4.69, 9.17) is 5.73 Å². The number of aromatic nitrogens is 3. The lowest BCUT2D eigenvalue weighted by Crippen LogP contribution is -1.98. The van der Waals surface area contributed by atoms with E-state index in [2.05, 4.69) is 10.1 Å². The number of nitrogens with two attached hydrogens (primary N) is 1. The van der Waals surface area contributed by atoms with Crippen LogP contribution in [0.1, 0.15) is 5.56 Å². The van der Waals surface area contributed by atoms with E-state index < -0.39 is 0 Å². The molecule has 0 atom stereocenters. The van der Waals surface area contributed by atoms with Gasteiger partial charge in [0.25, 0.3) is 0 Å². The lowest BCUT2D eigenvalue weighted by molar-refractivity contribution is 0.628. The molecule has 1 aromatic carbocycles. The highest BCUT2D eigenvalue weighted by atomic mass is 19.1. The molecule has 0 saturated carbocycles. The summed E-state index contributed by atoms with van der Waals surface area (Å²) in [6.45, 7) is 1.97. The Morgan fingerprint density at radius 2 is 1.81 bits per heavy atom. The van der Waals surface area contributed by atoms with Crippen LogP contribution in [0.25, 0.3) is 22.4 Å². The number of anilines is 1. The highest BCUT2D eigenvalue weighted by Crippen LogP contribution is 2.35. The molecule has 0 aliphatic rings. The number of hydrogen-bond donors (Lipinski definition) is 1. The summed E-state index contributed by atoms with van der Waals surface area (Å²) in [5, 5.41) is 4.48. The molecule has 106 valence electrons. The van der Waals surface area contributed by atoms with Crippen LogP contribution in [0, 0.1) is 12.7 Å². The minimum absolute atomic E-state index is 0.278. The zero-order valence-corrected chi connectivity index (χ0v) is 11.8. The standard InChI is InChI=1S/C16H15FN4/c1-10-7-12(9-19-8-10)15-14(16(18)21(2)20-15)11-3-5-13(17)6-4-11/h3-9H,18H2,1-2H3. The predicted octanol–water partition coefficient (Wildman–Crippen LogP) is 3.18. The molecule has 0 unspecified atom stereocenters. The van der Waals surface area contributed by atoms with Gasteiger partial charge in [-0.1, -0.05) is 12.1 Å². The van der Waals surface area contributed by atoms with Gasteiger partial charge in [0.1, 0.15) is 17.3 Å². The molecule has 21 heavy (non-hydrogen) atoms. The van der Waals surface area contributed by atoms with Crippen molar-refractivity contribution in [3.8, 4) is 22.4 Å². The van der Waals surface area contributed by atoms with Crippen LogP contribution in [-0.4, -0.2) is 14.8 Å². The molecule has 0 aliphatic carbocycles. The Morgan fingerprint density at radius 1 is 1.10 bits per heavy atom. The van der Waals surface area contributed by atoms with Crippen LogP contribution in [0.2, 0.25) is 0 Å². The minimum atomic E-state index is -0.278. The Balaban J connectivity index is 2.23. The fourth-order valence-electron chi connectivity index (χ4n) is 2.32. The van der Waals surface area contributed by atoms with Crippen LogP contribution in [0.5, 0.6) is 0 Å². The molecular formula is C16H15FN4. The van der Waals surface area contributed by atoms with Gasteiger partial charge in [0.2, 0.25) is 0 Å². The van der Waals surface area contributed by atoms with Crippen molar-refractivity contribution in [2.45, 2.75) is 6.92 Å². The summed E-state index contributed by atoms with van der Waals surface area (Å²) in [4.78, 5) is 4.20. The van der Waals surface area contributed by atoms with Gasteiger partial charge in [0, 0.05) is 25.0 Å². The fraction of sp³-hybridized carbons (Fsp3) is 0.125. The molecule has 0 spiro atoms. The number of nitrogens with zero attached hydrogens (tertiary/aromatic N) is 3. The Bertz CT molecular complexity index is 791. The van der Waals surface area contributed by atoms with E-state index in [-0.39, 0.29) is 5.82 Å². The third-order valence-corrected chi connectivity index (χ3v) is 3.37. The predicted molar refractivity (Wildman–Crippen MR) is 81.0 cm³/mol. The maximum atomic E-state index is 13.1. The summed E-state index contributed by atoms with van der Waals surface area (Å²) in [6, 6.07) is 8.24. The number of benzene rings is 1. The second kappa shape index (κ2) is 5.01. The quantitative estimate of drug-likeness (QED) is 0.785. The number of nitrogen functional groups attached to an aromatic ring is 1. The molecule has 0 amide bonds. The molecule has 0 radical (unpaired) electrons. The highest BCUT2D eigenvalue weighted by molar-refractivity contribution is 5.87. The van der Waals surface area contributed by atoms with Gasteiger partial charge >= 0.3 is 0 Å². The lowest BCUT2D eigenvalue weighted by atomic mass is 10.0. The summed E-state index contributed by atoms with van der Waals surface area (Å²) in [6.07, 6.45) is 3.54. The zero-order valence-electron chi connectivity index (χ0n) is 11.8. The summed E-state index contributed by atoms with van der Waals surface area (Å²) in [5.74, 6) is 0.262. The number of aryl methyl sites for hydroxylation is 2. The van der Waals surface area contributed by atoms with Gasteiger partial charge in [-0.3, -0.25) is 9.67 Å². The largest absolute Gasteiger partial charge is 0.383 e. The molecule has 3 rings (SSSR count). The third kappa shape index (κ3) is 2.38. The maximum absolute atomic E-state index is 13.1. The van der Waals surface area contributed by atoms with Gasteiger partial charge in [0.05, 0.1) is 5.56 Å². The number of rotatable bonds is 2. The normalized spacial score (nSPS) is 10.8. The van der Waals surface area contributed by atoms with Crippen LogP contribution < -0.4 is 5.73 Å². The second-order valence-electron chi connectivity index (χ2n) is 4.99. The van der Waals surface area contributed by atoms with Gasteiger partial charge in [-0.25, -0.2) is 4.39 Å². The van der Waals surface area contributed by atoms with Crippen molar-refractivity contribution < 1.29 is 4.39 Å². The average molecular weight is 282 g/mol. The molecule has 0 bridgehead atoms. The van der Waals surface area contributed by atoms with Crippen molar-refractivity contribution in [1.82, 2.24) is 14.8 Å². The summed E-state index contributed by atoms with van der Waals surface area (Å²) in [5.41, 5.74) is 10.4. The number of pyridine rings is 1. The summed E-state index contributed by atoms with van der Waals surface area (Å²) < 4.78 is 14.7. The Kier molecular flexibility index (Phi) is 3.17. The molecule has 0 fully saturated rings. The van der Waals surface area contributed by atoms with Crippen molar-refractivity contribution in [1.29, 1.82) is 0 Å². The highest BCUT2D eigenvalue weighted by Gasteiger charge is 2.17. The fourth-order valence-corrected chi connectivity index (χ4v) is 2.32. The molecular weight excluding hydrogens is 267 g/mol. The van der Waals surface area contributed by atoms with E-state index in [0.29, 0.717) is 5.82 Å². The molecule has 5 heteroatoms. The van der Waals surface area contributed by atoms with Crippen molar-refractivity contribution >= 4 is 5.82 Å². The van der Waals surface area contributed by atoms with E-state index in [1.165, 1.54) is 12.1 Å². The van der Waals surface area contributed by atoms with Crippen LogP contribution in [-0.2, 0) is 7.05 Å². The number of hydrogen-bond acceptors (Lipinski definition) is 3. The average Bonchev–Trinajstić information content (AvgIpc) is 2.76. The SMILES string of the molecule is Cc1cncc(-c2nn(C)c(N)c2-c2ccc(F)cc2)c1. The number of halogens is 1. The summed E-state index contributed by atoms with van der Waals surface area (Å²) in [7, 11) is 1.79. The van der Waals surface area contributed by atoms with Crippen LogP contribution in [0.15, 0.2) is 42.7 Å². The van der Waals surface area contributed by atoms with Crippen molar-refractivity contribution in [3.63, 3.8) is 0 Å². The molecule has 2 N–H and O–H groups in total. The molecule has 4 nitrogen and oxygen atoms in total.